The van der Waals surface area contributed by atoms with Gasteiger partial charge in [0.1, 0.15) is 0 Å². The van der Waals surface area contributed by atoms with Gasteiger partial charge in [0, 0.05) is 18.5 Å². The van der Waals surface area contributed by atoms with E-state index in [1.54, 1.807) is 0 Å². The normalized spacial score (nSPS) is 15.7. The molecular formula is C13H17N3O. The molecule has 2 rings (SSSR count). The van der Waals surface area contributed by atoms with Crippen LogP contribution in [0.2, 0.25) is 0 Å². The van der Waals surface area contributed by atoms with Crippen molar-refractivity contribution in [3.63, 3.8) is 0 Å². The number of aryl methyl sites for hydroxylation is 2. The Hall–Kier alpha value is -1.71. The number of amides is 1. The van der Waals surface area contributed by atoms with Gasteiger partial charge in [0.25, 0.3) is 0 Å². The second-order valence-corrected chi connectivity index (χ2v) is 4.78. The van der Waals surface area contributed by atoms with Gasteiger partial charge in [-0.1, -0.05) is 12.1 Å². The molecule has 1 N–H and O–H groups in total. The van der Waals surface area contributed by atoms with E-state index in [2.05, 4.69) is 15.5 Å². The minimum atomic E-state index is -0.293. The summed E-state index contributed by atoms with van der Waals surface area (Å²) in [5, 5.41) is 10.7. The fraction of sp³-hybridized carbons (Fsp3) is 0.462. The fourth-order valence-electron chi connectivity index (χ4n) is 1.62. The predicted molar refractivity (Wildman–Crippen MR) is 67.0 cm³/mol. The lowest BCUT2D eigenvalue weighted by Gasteiger charge is -2.09. The zero-order valence-electron chi connectivity index (χ0n) is 10.4. The van der Waals surface area contributed by atoms with Crippen molar-refractivity contribution in [1.82, 2.24) is 0 Å². The van der Waals surface area contributed by atoms with Crippen molar-refractivity contribution >= 4 is 11.6 Å². The summed E-state index contributed by atoms with van der Waals surface area (Å²) in [7, 11) is 0. The molecule has 0 aromatic heterocycles. The highest BCUT2D eigenvalue weighted by molar-refractivity contribution is 5.91. The van der Waals surface area contributed by atoms with Crippen molar-refractivity contribution in [2.45, 2.75) is 39.3 Å². The predicted octanol–water partition coefficient (Wildman–Crippen LogP) is 3.20. The van der Waals surface area contributed by atoms with Gasteiger partial charge in [0.05, 0.1) is 0 Å². The van der Waals surface area contributed by atoms with Crippen LogP contribution in [-0.4, -0.2) is 11.6 Å². The molecule has 1 heterocycles. The summed E-state index contributed by atoms with van der Waals surface area (Å²) in [6.07, 6.45) is 1.14. The van der Waals surface area contributed by atoms with Crippen molar-refractivity contribution in [2.24, 2.45) is 10.2 Å². The van der Waals surface area contributed by atoms with Crippen LogP contribution in [0.25, 0.3) is 0 Å². The molecule has 0 bridgehead atoms. The van der Waals surface area contributed by atoms with Gasteiger partial charge in [-0.2, -0.15) is 10.2 Å². The minimum Gasteiger partial charge on any atom is -0.326 e. The monoisotopic (exact) mass is 231 g/mol. The Morgan fingerprint density at radius 3 is 2.71 bits per heavy atom. The number of carbonyl (C=O) groups excluding carboxylic acids is 1. The highest BCUT2D eigenvalue weighted by Crippen LogP contribution is 2.32. The van der Waals surface area contributed by atoms with Gasteiger partial charge in [0.15, 0.2) is 5.66 Å². The lowest BCUT2D eigenvalue weighted by Crippen LogP contribution is -2.16. The van der Waals surface area contributed by atoms with Gasteiger partial charge in [-0.05, 0) is 38.0 Å². The summed E-state index contributed by atoms with van der Waals surface area (Å²) in [5.41, 5.74) is 2.82. The summed E-state index contributed by atoms with van der Waals surface area (Å²) < 4.78 is 0. The quantitative estimate of drug-likeness (QED) is 0.850. The van der Waals surface area contributed by atoms with E-state index in [-0.39, 0.29) is 11.6 Å². The molecule has 0 spiro atoms. The zero-order chi connectivity index (χ0) is 12.5. The molecule has 0 aliphatic carbocycles. The molecule has 90 valence electrons. The van der Waals surface area contributed by atoms with Crippen molar-refractivity contribution in [3.8, 4) is 0 Å². The van der Waals surface area contributed by atoms with Crippen molar-refractivity contribution in [1.29, 1.82) is 0 Å². The maximum atomic E-state index is 11.8. The molecule has 1 aliphatic heterocycles. The average molecular weight is 231 g/mol. The van der Waals surface area contributed by atoms with Crippen LogP contribution in [0, 0.1) is 13.8 Å². The van der Waals surface area contributed by atoms with E-state index in [0.29, 0.717) is 12.8 Å². The Morgan fingerprint density at radius 2 is 2.06 bits per heavy atom. The van der Waals surface area contributed by atoms with Gasteiger partial charge in [-0.15, -0.1) is 0 Å². The van der Waals surface area contributed by atoms with Gasteiger partial charge in [0.2, 0.25) is 5.91 Å². The Labute approximate surface area is 101 Å². The van der Waals surface area contributed by atoms with E-state index in [1.807, 2.05) is 39.0 Å². The largest absolute Gasteiger partial charge is 0.326 e. The molecule has 0 fully saturated rings. The third-order valence-corrected chi connectivity index (χ3v) is 2.93. The summed E-state index contributed by atoms with van der Waals surface area (Å²) >= 11 is 0. The number of rotatable bonds is 4. The SMILES string of the molecule is Cc1ccc(C)c(NC(=O)CCC2(C)N=N2)c1. The molecule has 0 unspecified atom stereocenters. The van der Waals surface area contributed by atoms with E-state index in [0.717, 1.165) is 16.8 Å². The average Bonchev–Trinajstić information content (AvgIpc) is 3.00. The zero-order valence-corrected chi connectivity index (χ0v) is 10.4. The highest BCUT2D eigenvalue weighted by Gasteiger charge is 2.33. The van der Waals surface area contributed by atoms with Gasteiger partial charge in [-0.3, -0.25) is 4.79 Å². The summed E-state index contributed by atoms with van der Waals surface area (Å²) in [6.45, 7) is 5.93. The number of nitrogens with one attached hydrogen (secondary N) is 1. The summed E-state index contributed by atoms with van der Waals surface area (Å²) in [5.74, 6) is 0.0252. The van der Waals surface area contributed by atoms with E-state index in [1.165, 1.54) is 0 Å². The maximum absolute atomic E-state index is 11.8. The van der Waals surface area contributed by atoms with Gasteiger partial charge < -0.3 is 5.32 Å². The van der Waals surface area contributed by atoms with Crippen LogP contribution in [0.1, 0.15) is 30.9 Å². The van der Waals surface area contributed by atoms with E-state index < -0.39 is 0 Å². The van der Waals surface area contributed by atoms with Crippen LogP contribution in [0.3, 0.4) is 0 Å². The first-order chi connectivity index (χ1) is 7.98. The number of anilines is 1. The smallest absolute Gasteiger partial charge is 0.224 e. The second-order valence-electron chi connectivity index (χ2n) is 4.78. The van der Waals surface area contributed by atoms with Crippen LogP contribution >= 0.6 is 0 Å². The third kappa shape index (κ3) is 3.12. The van der Waals surface area contributed by atoms with Gasteiger partial charge >= 0.3 is 0 Å². The molecule has 17 heavy (non-hydrogen) atoms. The molecule has 0 atom stereocenters. The molecule has 1 aromatic rings. The van der Waals surface area contributed by atoms with Crippen LogP contribution in [-0.2, 0) is 4.79 Å². The van der Waals surface area contributed by atoms with Crippen LogP contribution in [0.5, 0.6) is 0 Å². The first-order valence-electron chi connectivity index (χ1n) is 5.80. The molecule has 1 aromatic carbocycles. The lowest BCUT2D eigenvalue weighted by molar-refractivity contribution is -0.116. The van der Waals surface area contributed by atoms with E-state index in [9.17, 15) is 4.79 Å². The van der Waals surface area contributed by atoms with Crippen molar-refractivity contribution < 1.29 is 4.79 Å². The number of carbonyl (C=O) groups is 1. The van der Waals surface area contributed by atoms with Crippen molar-refractivity contribution in [3.05, 3.63) is 29.3 Å². The van der Waals surface area contributed by atoms with Crippen molar-refractivity contribution in [2.75, 3.05) is 5.32 Å². The number of hydrogen-bond acceptors (Lipinski definition) is 3. The molecule has 0 saturated carbocycles. The van der Waals surface area contributed by atoms with Crippen LogP contribution in [0.15, 0.2) is 28.4 Å². The number of benzene rings is 1. The van der Waals surface area contributed by atoms with Crippen LogP contribution in [0.4, 0.5) is 5.69 Å². The topological polar surface area (TPSA) is 53.8 Å². The molecule has 1 amide bonds. The van der Waals surface area contributed by atoms with E-state index >= 15 is 0 Å². The molecule has 1 aliphatic rings. The Morgan fingerprint density at radius 1 is 1.35 bits per heavy atom. The Bertz CT molecular complexity index is 474. The minimum absolute atomic E-state index is 0.0252. The van der Waals surface area contributed by atoms with E-state index in [4.69, 9.17) is 0 Å². The maximum Gasteiger partial charge on any atom is 0.224 e. The molecule has 0 radical (unpaired) electrons. The molecule has 4 heteroatoms. The summed E-state index contributed by atoms with van der Waals surface area (Å²) in [6, 6.07) is 6.03. The highest BCUT2D eigenvalue weighted by atomic mass is 16.1. The number of hydrogen-bond donors (Lipinski definition) is 1. The van der Waals surface area contributed by atoms with Gasteiger partial charge in [-0.25, -0.2) is 0 Å². The first-order valence-corrected chi connectivity index (χ1v) is 5.80. The molecular weight excluding hydrogens is 214 g/mol. The standard InChI is InChI=1S/C13H17N3O/c1-9-4-5-10(2)11(8-9)14-12(17)6-7-13(3)15-16-13/h4-5,8H,6-7H2,1-3H3,(H,14,17). The second kappa shape index (κ2) is 4.28. The first kappa shape index (κ1) is 11.8. The Balaban J connectivity index is 1.91. The molecule has 0 saturated heterocycles. The Kier molecular flexibility index (Phi) is 2.96. The summed E-state index contributed by atoms with van der Waals surface area (Å²) in [4.78, 5) is 11.8. The molecule has 4 nitrogen and oxygen atoms in total. The van der Waals surface area contributed by atoms with Crippen LogP contribution < -0.4 is 5.32 Å². The fourth-order valence-corrected chi connectivity index (χ4v) is 1.62. The number of nitrogens with zero attached hydrogens (tertiary/aromatic N) is 2. The lowest BCUT2D eigenvalue weighted by atomic mass is 10.1. The third-order valence-electron chi connectivity index (χ3n) is 2.93.